The third kappa shape index (κ3) is 3.56. The van der Waals surface area contributed by atoms with Crippen molar-refractivity contribution >= 4 is 31.6 Å². The third-order valence-corrected chi connectivity index (χ3v) is 6.06. The highest BCUT2D eigenvalue weighted by Crippen LogP contribution is 2.29. The van der Waals surface area contributed by atoms with E-state index in [0.717, 1.165) is 18.9 Å². The molecule has 1 aromatic carbocycles. The Morgan fingerprint density at radius 3 is 2.81 bits per heavy atom. The Morgan fingerprint density at radius 1 is 1.52 bits per heavy atom. The zero-order valence-electron chi connectivity index (χ0n) is 11.7. The van der Waals surface area contributed by atoms with Gasteiger partial charge in [0.05, 0.1) is 16.3 Å². The number of nitrogens with two attached hydrogens (primary N) is 1. The molecule has 0 amide bonds. The van der Waals surface area contributed by atoms with Crippen molar-refractivity contribution in [2.45, 2.75) is 30.8 Å². The van der Waals surface area contributed by atoms with Crippen molar-refractivity contribution in [3.8, 4) is 0 Å². The van der Waals surface area contributed by atoms with E-state index in [2.05, 4.69) is 15.9 Å². The highest BCUT2D eigenvalue weighted by Gasteiger charge is 2.30. The Hall–Kier alpha value is -0.700. The minimum atomic E-state index is -3.78. The minimum absolute atomic E-state index is 0.0726. The lowest BCUT2D eigenvalue weighted by atomic mass is 10.2. The van der Waals surface area contributed by atoms with E-state index in [0.29, 0.717) is 13.2 Å². The van der Waals surface area contributed by atoms with Crippen LogP contribution in [-0.2, 0) is 14.8 Å². The first-order valence-electron chi connectivity index (χ1n) is 6.72. The van der Waals surface area contributed by atoms with E-state index in [1.807, 2.05) is 0 Å². The van der Waals surface area contributed by atoms with E-state index in [1.165, 1.54) is 10.4 Å². The van der Waals surface area contributed by atoms with E-state index < -0.39 is 15.8 Å². The van der Waals surface area contributed by atoms with Gasteiger partial charge in [-0.05, 0) is 40.9 Å². The number of likely N-dealkylation sites (N-methyl/N-ethyl adjacent to an activating group) is 1. The molecule has 0 saturated carbocycles. The number of nitrogen functional groups attached to an aromatic ring is 1. The number of hydrogen-bond donors (Lipinski definition) is 1. The van der Waals surface area contributed by atoms with Crippen LogP contribution >= 0.6 is 15.9 Å². The molecule has 1 saturated heterocycles. The van der Waals surface area contributed by atoms with Crippen molar-refractivity contribution in [3.05, 3.63) is 22.4 Å². The molecule has 0 radical (unpaired) electrons. The lowest BCUT2D eigenvalue weighted by Gasteiger charge is -2.24. The highest BCUT2D eigenvalue weighted by atomic mass is 79.9. The predicted molar refractivity (Wildman–Crippen MR) is 81.9 cm³/mol. The van der Waals surface area contributed by atoms with Crippen molar-refractivity contribution in [1.82, 2.24) is 4.31 Å². The normalized spacial score (nSPS) is 19.3. The smallest absolute Gasteiger partial charge is 0.245 e. The summed E-state index contributed by atoms with van der Waals surface area (Å²) < 4.78 is 45.6. The highest BCUT2D eigenvalue weighted by molar-refractivity contribution is 9.10. The van der Waals surface area contributed by atoms with Gasteiger partial charge < -0.3 is 10.5 Å². The molecule has 2 rings (SSSR count). The summed E-state index contributed by atoms with van der Waals surface area (Å²) in [6.45, 7) is 3.00. The SMILES string of the molecule is CCN(CC1CCCO1)S(=O)(=O)c1cc(Br)c(F)cc1N. The van der Waals surface area contributed by atoms with E-state index in [-0.39, 0.29) is 27.7 Å². The van der Waals surface area contributed by atoms with Gasteiger partial charge in [-0.15, -0.1) is 0 Å². The summed E-state index contributed by atoms with van der Waals surface area (Å²) in [6.07, 6.45) is 1.69. The number of ether oxygens (including phenoxy) is 1. The first-order valence-corrected chi connectivity index (χ1v) is 8.95. The van der Waals surface area contributed by atoms with Crippen molar-refractivity contribution in [2.75, 3.05) is 25.4 Å². The van der Waals surface area contributed by atoms with Gasteiger partial charge in [0.15, 0.2) is 0 Å². The molecule has 0 bridgehead atoms. The largest absolute Gasteiger partial charge is 0.398 e. The van der Waals surface area contributed by atoms with Gasteiger partial charge in [0, 0.05) is 19.7 Å². The number of anilines is 1. The van der Waals surface area contributed by atoms with Crippen LogP contribution < -0.4 is 5.73 Å². The minimum Gasteiger partial charge on any atom is -0.398 e. The van der Waals surface area contributed by atoms with Gasteiger partial charge in [-0.3, -0.25) is 0 Å². The molecule has 1 aliphatic rings. The lowest BCUT2D eigenvalue weighted by Crippen LogP contribution is -2.37. The summed E-state index contributed by atoms with van der Waals surface area (Å²) in [5, 5.41) is 0. The van der Waals surface area contributed by atoms with Gasteiger partial charge >= 0.3 is 0 Å². The van der Waals surface area contributed by atoms with Crippen LogP contribution in [-0.4, -0.2) is 38.5 Å². The fraction of sp³-hybridized carbons (Fsp3) is 0.538. The zero-order chi connectivity index (χ0) is 15.6. The summed E-state index contributed by atoms with van der Waals surface area (Å²) in [6, 6.07) is 2.22. The molecule has 0 aliphatic carbocycles. The summed E-state index contributed by atoms with van der Waals surface area (Å²) >= 11 is 2.99. The zero-order valence-corrected chi connectivity index (χ0v) is 14.1. The lowest BCUT2D eigenvalue weighted by molar-refractivity contribution is 0.0947. The quantitative estimate of drug-likeness (QED) is 0.795. The molecule has 1 fully saturated rings. The van der Waals surface area contributed by atoms with Crippen LogP contribution in [0, 0.1) is 5.82 Å². The second-order valence-corrected chi connectivity index (χ2v) is 7.66. The number of halogens is 2. The van der Waals surface area contributed by atoms with E-state index in [1.54, 1.807) is 6.92 Å². The Morgan fingerprint density at radius 2 is 2.24 bits per heavy atom. The average molecular weight is 381 g/mol. The van der Waals surface area contributed by atoms with Crippen LogP contribution in [0.5, 0.6) is 0 Å². The summed E-state index contributed by atoms with van der Waals surface area (Å²) in [5.41, 5.74) is 5.58. The molecule has 8 heteroatoms. The van der Waals surface area contributed by atoms with Gasteiger partial charge in [-0.25, -0.2) is 12.8 Å². The maximum atomic E-state index is 13.4. The molecule has 1 aliphatic heterocycles. The fourth-order valence-corrected chi connectivity index (χ4v) is 4.42. The van der Waals surface area contributed by atoms with Crippen molar-refractivity contribution in [1.29, 1.82) is 0 Å². The first kappa shape index (κ1) is 16.7. The average Bonchev–Trinajstić information content (AvgIpc) is 2.92. The van der Waals surface area contributed by atoms with Gasteiger partial charge in [-0.2, -0.15) is 4.31 Å². The van der Waals surface area contributed by atoms with Crippen LogP contribution in [0.3, 0.4) is 0 Å². The Kier molecular flexibility index (Phi) is 5.24. The molecule has 5 nitrogen and oxygen atoms in total. The number of sulfonamides is 1. The Bertz CT molecular complexity index is 618. The number of rotatable bonds is 5. The standard InChI is InChI=1S/C13H18BrFN2O3S/c1-2-17(8-9-4-3-5-20-9)21(18,19)13-6-10(14)11(15)7-12(13)16/h6-7,9H,2-5,8,16H2,1H3. The van der Waals surface area contributed by atoms with Crippen LogP contribution in [0.1, 0.15) is 19.8 Å². The first-order chi connectivity index (χ1) is 9.86. The number of hydrogen-bond acceptors (Lipinski definition) is 4. The summed E-state index contributed by atoms with van der Waals surface area (Å²) in [5.74, 6) is -0.589. The maximum absolute atomic E-state index is 13.4. The van der Waals surface area contributed by atoms with Crippen LogP contribution in [0.2, 0.25) is 0 Å². The third-order valence-electron chi connectivity index (χ3n) is 3.45. The molecular weight excluding hydrogens is 363 g/mol. The number of nitrogens with zero attached hydrogens (tertiary/aromatic N) is 1. The fourth-order valence-electron chi connectivity index (χ4n) is 2.32. The Labute approximate surface area is 132 Å². The van der Waals surface area contributed by atoms with Crippen molar-refractivity contribution in [2.24, 2.45) is 0 Å². The van der Waals surface area contributed by atoms with Crippen LogP contribution in [0.4, 0.5) is 10.1 Å². The second-order valence-electron chi connectivity index (χ2n) is 4.89. The molecule has 1 heterocycles. The van der Waals surface area contributed by atoms with Crippen molar-refractivity contribution < 1.29 is 17.5 Å². The predicted octanol–water partition coefficient (Wildman–Crippen LogP) is 2.36. The number of benzene rings is 1. The van der Waals surface area contributed by atoms with Gasteiger partial charge in [-0.1, -0.05) is 6.92 Å². The molecule has 118 valence electrons. The van der Waals surface area contributed by atoms with E-state index in [4.69, 9.17) is 10.5 Å². The maximum Gasteiger partial charge on any atom is 0.245 e. The van der Waals surface area contributed by atoms with Crippen molar-refractivity contribution in [3.63, 3.8) is 0 Å². The molecule has 21 heavy (non-hydrogen) atoms. The molecule has 0 aromatic heterocycles. The monoisotopic (exact) mass is 380 g/mol. The van der Waals surface area contributed by atoms with E-state index in [9.17, 15) is 12.8 Å². The topological polar surface area (TPSA) is 72.6 Å². The summed E-state index contributed by atoms with van der Waals surface area (Å²) in [7, 11) is -3.78. The Balaban J connectivity index is 2.32. The molecule has 1 atom stereocenters. The molecule has 0 spiro atoms. The molecule has 1 aromatic rings. The summed E-state index contributed by atoms with van der Waals surface area (Å²) in [4.78, 5) is -0.0874. The van der Waals surface area contributed by atoms with E-state index >= 15 is 0 Å². The molecule has 1 unspecified atom stereocenters. The molecular formula is C13H18BrFN2O3S. The van der Waals surface area contributed by atoms with Gasteiger partial charge in [0.25, 0.3) is 0 Å². The van der Waals surface area contributed by atoms with Gasteiger partial charge in [0.1, 0.15) is 10.7 Å². The second kappa shape index (κ2) is 6.60. The van der Waals surface area contributed by atoms with Crippen LogP contribution in [0.15, 0.2) is 21.5 Å². The molecule has 2 N–H and O–H groups in total. The van der Waals surface area contributed by atoms with Crippen LogP contribution in [0.25, 0.3) is 0 Å². The van der Waals surface area contributed by atoms with Gasteiger partial charge in [0.2, 0.25) is 10.0 Å².